The van der Waals surface area contributed by atoms with Crippen molar-refractivity contribution in [3.63, 3.8) is 0 Å². The summed E-state index contributed by atoms with van der Waals surface area (Å²) < 4.78 is 48.2. The molecule has 0 unspecified atom stereocenters. The number of esters is 1. The fourth-order valence-corrected chi connectivity index (χ4v) is 2.28. The highest BCUT2D eigenvalue weighted by Crippen LogP contribution is 2.31. The van der Waals surface area contributed by atoms with Crippen LogP contribution in [-0.2, 0) is 17.5 Å². The van der Waals surface area contributed by atoms with E-state index in [1.54, 1.807) is 12.1 Å². The van der Waals surface area contributed by atoms with E-state index in [-0.39, 0.29) is 29.4 Å². The number of nitrogens with zero attached hydrogens (tertiary/aromatic N) is 2. The van der Waals surface area contributed by atoms with Crippen LogP contribution < -0.4 is 0 Å². The monoisotopic (exact) mass is 382 g/mol. The molecule has 0 saturated heterocycles. The number of carbonyl (C=O) groups is 1. The minimum absolute atomic E-state index is 0.0371. The van der Waals surface area contributed by atoms with Crippen LogP contribution in [0.1, 0.15) is 21.8 Å². The molecule has 0 aliphatic carbocycles. The summed E-state index contributed by atoms with van der Waals surface area (Å²) in [4.78, 5) is 15.8. The predicted molar refractivity (Wildman–Crippen MR) is 85.3 cm³/mol. The summed E-state index contributed by atoms with van der Waals surface area (Å²) in [5.74, 6) is -0.732. The number of ether oxygens (including phenoxy) is 1. The standard InChI is InChI=1S/C17H10ClF3N2O3/c18-13-6-2-4-11(8-13)16(24)25-9-14-22-15(23-26-14)10-3-1-5-12(7-10)17(19,20)21/h1-8H,9H2. The van der Waals surface area contributed by atoms with Crippen LogP contribution >= 0.6 is 11.6 Å². The molecule has 0 spiro atoms. The molecule has 0 fully saturated rings. The highest BCUT2D eigenvalue weighted by molar-refractivity contribution is 6.30. The number of hydrogen-bond donors (Lipinski definition) is 0. The normalized spacial score (nSPS) is 11.4. The van der Waals surface area contributed by atoms with Crippen LogP contribution in [0.25, 0.3) is 11.4 Å². The molecule has 3 aromatic rings. The topological polar surface area (TPSA) is 65.2 Å². The van der Waals surface area contributed by atoms with Crippen molar-refractivity contribution in [2.24, 2.45) is 0 Å². The molecule has 0 atom stereocenters. The van der Waals surface area contributed by atoms with Crippen molar-refractivity contribution in [1.29, 1.82) is 0 Å². The Bertz CT molecular complexity index is 941. The lowest BCUT2D eigenvalue weighted by Gasteiger charge is -2.06. The first-order valence-electron chi connectivity index (χ1n) is 7.26. The first-order chi connectivity index (χ1) is 12.3. The van der Waals surface area contributed by atoms with E-state index in [2.05, 4.69) is 10.1 Å². The van der Waals surface area contributed by atoms with E-state index in [0.717, 1.165) is 12.1 Å². The first kappa shape index (κ1) is 17.9. The summed E-state index contributed by atoms with van der Waals surface area (Å²) in [6.07, 6.45) is -4.48. The van der Waals surface area contributed by atoms with Crippen LogP contribution in [0.5, 0.6) is 0 Å². The van der Waals surface area contributed by atoms with Crippen molar-refractivity contribution >= 4 is 17.6 Å². The van der Waals surface area contributed by atoms with E-state index in [0.29, 0.717) is 5.02 Å². The maximum atomic E-state index is 12.8. The van der Waals surface area contributed by atoms with Gasteiger partial charge >= 0.3 is 12.1 Å². The smallest absolute Gasteiger partial charge is 0.416 e. The number of hydrogen-bond acceptors (Lipinski definition) is 5. The van der Waals surface area contributed by atoms with Gasteiger partial charge in [-0.1, -0.05) is 35.0 Å². The maximum absolute atomic E-state index is 12.8. The second-order valence-electron chi connectivity index (χ2n) is 5.18. The Balaban J connectivity index is 1.70. The molecule has 2 aromatic carbocycles. The summed E-state index contributed by atoms with van der Waals surface area (Å²) in [5.41, 5.74) is -0.445. The van der Waals surface area contributed by atoms with Crippen LogP contribution in [0.2, 0.25) is 5.02 Å². The summed E-state index contributed by atoms with van der Waals surface area (Å²) in [5, 5.41) is 3.99. The van der Waals surface area contributed by atoms with Crippen LogP contribution in [0, 0.1) is 0 Å². The van der Waals surface area contributed by atoms with Crippen molar-refractivity contribution in [1.82, 2.24) is 10.1 Å². The lowest BCUT2D eigenvalue weighted by Crippen LogP contribution is -2.05. The van der Waals surface area contributed by atoms with Crippen molar-refractivity contribution in [3.8, 4) is 11.4 Å². The average Bonchev–Trinajstić information content (AvgIpc) is 3.08. The Morgan fingerprint density at radius 3 is 2.65 bits per heavy atom. The largest absolute Gasteiger partial charge is 0.452 e. The van der Waals surface area contributed by atoms with Gasteiger partial charge in [-0.3, -0.25) is 0 Å². The molecule has 1 heterocycles. The third-order valence-electron chi connectivity index (χ3n) is 3.30. The number of rotatable bonds is 4. The van der Waals surface area contributed by atoms with E-state index in [4.69, 9.17) is 20.9 Å². The molecular formula is C17H10ClF3N2O3. The first-order valence-corrected chi connectivity index (χ1v) is 7.63. The molecule has 0 amide bonds. The van der Waals surface area contributed by atoms with Gasteiger partial charge in [-0.15, -0.1) is 0 Å². The second-order valence-corrected chi connectivity index (χ2v) is 5.61. The van der Waals surface area contributed by atoms with Crippen molar-refractivity contribution in [2.45, 2.75) is 12.8 Å². The summed E-state index contributed by atoms with van der Waals surface area (Å²) in [7, 11) is 0. The van der Waals surface area contributed by atoms with Gasteiger partial charge in [0.25, 0.3) is 5.89 Å². The Morgan fingerprint density at radius 1 is 1.15 bits per heavy atom. The molecule has 9 heteroatoms. The van der Waals surface area contributed by atoms with Gasteiger partial charge in [0.05, 0.1) is 11.1 Å². The zero-order chi connectivity index (χ0) is 18.7. The molecular weight excluding hydrogens is 373 g/mol. The van der Waals surface area contributed by atoms with E-state index in [1.165, 1.54) is 24.3 Å². The molecule has 0 saturated carbocycles. The minimum Gasteiger partial charge on any atom is -0.452 e. The van der Waals surface area contributed by atoms with Gasteiger partial charge in [0.1, 0.15) is 0 Å². The SMILES string of the molecule is O=C(OCc1nc(-c2cccc(C(F)(F)F)c2)no1)c1cccc(Cl)c1. The van der Waals surface area contributed by atoms with Crippen LogP contribution in [-0.4, -0.2) is 16.1 Å². The van der Waals surface area contributed by atoms with Crippen molar-refractivity contribution in [3.05, 3.63) is 70.6 Å². The lowest BCUT2D eigenvalue weighted by molar-refractivity contribution is -0.137. The second kappa shape index (κ2) is 7.17. The fourth-order valence-electron chi connectivity index (χ4n) is 2.09. The van der Waals surface area contributed by atoms with Gasteiger partial charge in [0, 0.05) is 10.6 Å². The number of carbonyl (C=O) groups excluding carboxylic acids is 1. The number of benzene rings is 2. The van der Waals surface area contributed by atoms with Gasteiger partial charge < -0.3 is 9.26 Å². The highest BCUT2D eigenvalue weighted by Gasteiger charge is 2.30. The van der Waals surface area contributed by atoms with Crippen molar-refractivity contribution in [2.75, 3.05) is 0 Å². The van der Waals surface area contributed by atoms with Gasteiger partial charge in [-0.05, 0) is 30.3 Å². The molecule has 0 N–H and O–H groups in total. The van der Waals surface area contributed by atoms with E-state index < -0.39 is 17.7 Å². The summed E-state index contributed by atoms with van der Waals surface area (Å²) >= 11 is 5.79. The van der Waals surface area contributed by atoms with E-state index in [1.807, 2.05) is 0 Å². The number of aromatic nitrogens is 2. The molecule has 5 nitrogen and oxygen atoms in total. The van der Waals surface area contributed by atoms with Crippen LogP contribution in [0.4, 0.5) is 13.2 Å². The number of alkyl halides is 3. The fraction of sp³-hybridized carbons (Fsp3) is 0.118. The lowest BCUT2D eigenvalue weighted by atomic mass is 10.1. The predicted octanol–water partition coefficient (Wildman–Crippen LogP) is 4.77. The Labute approximate surface area is 150 Å². The van der Waals surface area contributed by atoms with Crippen LogP contribution in [0.15, 0.2) is 53.1 Å². The van der Waals surface area contributed by atoms with Gasteiger partial charge in [0.15, 0.2) is 6.61 Å². The minimum atomic E-state index is -4.48. The highest BCUT2D eigenvalue weighted by atomic mass is 35.5. The molecule has 3 rings (SSSR count). The van der Waals surface area contributed by atoms with Gasteiger partial charge in [0.2, 0.25) is 5.82 Å². The Hall–Kier alpha value is -2.87. The third-order valence-corrected chi connectivity index (χ3v) is 3.54. The van der Waals surface area contributed by atoms with E-state index >= 15 is 0 Å². The number of halogens is 4. The Morgan fingerprint density at radius 2 is 1.92 bits per heavy atom. The molecule has 26 heavy (non-hydrogen) atoms. The molecule has 0 aliphatic rings. The molecule has 0 bridgehead atoms. The summed E-state index contributed by atoms with van der Waals surface area (Å²) in [6, 6.07) is 10.7. The zero-order valence-electron chi connectivity index (χ0n) is 13.0. The molecule has 0 aliphatic heterocycles. The quantitative estimate of drug-likeness (QED) is 0.608. The molecule has 0 radical (unpaired) electrons. The average molecular weight is 383 g/mol. The van der Waals surface area contributed by atoms with Gasteiger partial charge in [-0.25, -0.2) is 4.79 Å². The van der Waals surface area contributed by atoms with Crippen LogP contribution in [0.3, 0.4) is 0 Å². The van der Waals surface area contributed by atoms with Crippen molar-refractivity contribution < 1.29 is 27.2 Å². The summed E-state index contributed by atoms with van der Waals surface area (Å²) in [6.45, 7) is -0.322. The molecule has 1 aromatic heterocycles. The van der Waals surface area contributed by atoms with E-state index in [9.17, 15) is 18.0 Å². The Kier molecular flexibility index (Phi) is 4.94. The maximum Gasteiger partial charge on any atom is 0.416 e. The zero-order valence-corrected chi connectivity index (χ0v) is 13.7. The molecule has 134 valence electrons. The van der Waals surface area contributed by atoms with Gasteiger partial charge in [-0.2, -0.15) is 18.2 Å². The third kappa shape index (κ3) is 4.20.